The lowest BCUT2D eigenvalue weighted by Crippen LogP contribution is -2.11. The molecule has 0 bridgehead atoms. The first-order valence-electron chi connectivity index (χ1n) is 5.41. The lowest BCUT2D eigenvalue weighted by atomic mass is 9.89. The van der Waals surface area contributed by atoms with E-state index in [1.54, 1.807) is 0 Å². The third-order valence-electron chi connectivity index (χ3n) is 2.46. The van der Waals surface area contributed by atoms with Crippen LogP contribution in [0.4, 0.5) is 0 Å². The van der Waals surface area contributed by atoms with Crippen molar-refractivity contribution in [2.75, 3.05) is 6.54 Å². The highest BCUT2D eigenvalue weighted by molar-refractivity contribution is 6.11. The van der Waals surface area contributed by atoms with Crippen molar-refractivity contribution < 1.29 is 0 Å². The van der Waals surface area contributed by atoms with Gasteiger partial charge in [0.2, 0.25) is 0 Å². The second-order valence-corrected chi connectivity index (χ2v) is 3.89. The fraction of sp³-hybridized carbons (Fsp3) is 0.357. The molecule has 0 aromatic rings. The van der Waals surface area contributed by atoms with Crippen LogP contribution in [0.3, 0.4) is 0 Å². The van der Waals surface area contributed by atoms with Gasteiger partial charge in [-0.05, 0) is 29.6 Å². The quantitative estimate of drug-likeness (QED) is 0.615. The fourth-order valence-corrected chi connectivity index (χ4v) is 1.74. The number of nitrogens with zero attached hydrogens (tertiary/aromatic N) is 1. The van der Waals surface area contributed by atoms with Gasteiger partial charge >= 0.3 is 0 Å². The van der Waals surface area contributed by atoms with E-state index in [2.05, 4.69) is 44.1 Å². The van der Waals surface area contributed by atoms with Crippen molar-refractivity contribution >= 4 is 5.71 Å². The minimum Gasteiger partial charge on any atom is -0.284 e. The SMILES string of the molecule is C=C/C=C(\C1=CCCN=C1C=C)C(C)C. The Bertz CT molecular complexity index is 340. The molecular formula is C14H19N. The molecule has 1 nitrogen and oxygen atoms in total. The van der Waals surface area contributed by atoms with E-state index in [0.29, 0.717) is 5.92 Å². The zero-order valence-corrected chi connectivity index (χ0v) is 9.66. The zero-order valence-electron chi connectivity index (χ0n) is 9.66. The number of allylic oxidation sites excluding steroid dienone is 5. The summed E-state index contributed by atoms with van der Waals surface area (Å²) in [4.78, 5) is 4.47. The maximum Gasteiger partial charge on any atom is 0.0640 e. The van der Waals surface area contributed by atoms with Gasteiger partial charge in [-0.1, -0.05) is 45.2 Å². The van der Waals surface area contributed by atoms with E-state index in [4.69, 9.17) is 0 Å². The molecule has 0 fully saturated rings. The first kappa shape index (κ1) is 11.7. The number of hydrogen-bond acceptors (Lipinski definition) is 1. The molecule has 0 N–H and O–H groups in total. The van der Waals surface area contributed by atoms with Gasteiger partial charge in [0.15, 0.2) is 0 Å². The summed E-state index contributed by atoms with van der Waals surface area (Å²) in [7, 11) is 0. The Kier molecular flexibility index (Phi) is 4.29. The Labute approximate surface area is 92.6 Å². The lowest BCUT2D eigenvalue weighted by molar-refractivity contribution is 0.781. The summed E-state index contributed by atoms with van der Waals surface area (Å²) in [6, 6.07) is 0. The van der Waals surface area contributed by atoms with Gasteiger partial charge < -0.3 is 0 Å². The summed E-state index contributed by atoms with van der Waals surface area (Å²) in [6.45, 7) is 12.8. The minimum atomic E-state index is 0.484. The summed E-state index contributed by atoms with van der Waals surface area (Å²) in [5.41, 5.74) is 3.54. The molecule has 0 aromatic carbocycles. The van der Waals surface area contributed by atoms with E-state index < -0.39 is 0 Å². The van der Waals surface area contributed by atoms with Crippen LogP contribution in [-0.2, 0) is 0 Å². The third-order valence-corrected chi connectivity index (χ3v) is 2.46. The summed E-state index contributed by atoms with van der Waals surface area (Å²) in [5.74, 6) is 0.484. The van der Waals surface area contributed by atoms with E-state index in [-0.39, 0.29) is 0 Å². The molecule has 0 aromatic heterocycles. The number of aliphatic imine (C=N–C) groups is 1. The topological polar surface area (TPSA) is 12.4 Å². The average molecular weight is 201 g/mol. The molecule has 0 aliphatic carbocycles. The predicted molar refractivity (Wildman–Crippen MR) is 68.3 cm³/mol. The first-order valence-corrected chi connectivity index (χ1v) is 5.41. The second-order valence-electron chi connectivity index (χ2n) is 3.89. The van der Waals surface area contributed by atoms with Gasteiger partial charge in [-0.2, -0.15) is 0 Å². The van der Waals surface area contributed by atoms with Gasteiger partial charge in [0.05, 0.1) is 5.71 Å². The van der Waals surface area contributed by atoms with Crippen LogP contribution in [0.2, 0.25) is 0 Å². The Morgan fingerprint density at radius 1 is 1.47 bits per heavy atom. The van der Waals surface area contributed by atoms with Crippen molar-refractivity contribution in [3.05, 3.63) is 48.6 Å². The number of dihydropyridines is 1. The minimum absolute atomic E-state index is 0.484. The maximum absolute atomic E-state index is 4.47. The Hall–Kier alpha value is -1.37. The van der Waals surface area contributed by atoms with Crippen molar-refractivity contribution in [1.82, 2.24) is 0 Å². The molecule has 1 heterocycles. The van der Waals surface area contributed by atoms with Crippen molar-refractivity contribution in [2.24, 2.45) is 10.9 Å². The standard InChI is InChI=1S/C14H19N/c1-5-8-12(11(3)4)13-9-7-10-15-14(13)6-2/h5-6,8-9,11H,1-2,7,10H2,3-4H3/b12-8-. The van der Waals surface area contributed by atoms with Crippen LogP contribution in [0.1, 0.15) is 20.3 Å². The van der Waals surface area contributed by atoms with Gasteiger partial charge in [0.1, 0.15) is 0 Å². The van der Waals surface area contributed by atoms with Crippen LogP contribution in [0.25, 0.3) is 0 Å². The van der Waals surface area contributed by atoms with Gasteiger partial charge in [-0.25, -0.2) is 0 Å². The molecule has 15 heavy (non-hydrogen) atoms. The normalized spacial score (nSPS) is 17.1. The smallest absolute Gasteiger partial charge is 0.0640 e. The molecule has 0 saturated carbocycles. The molecule has 80 valence electrons. The molecular weight excluding hydrogens is 182 g/mol. The van der Waals surface area contributed by atoms with Gasteiger partial charge in [-0.15, -0.1) is 0 Å². The van der Waals surface area contributed by atoms with Crippen LogP contribution in [-0.4, -0.2) is 12.3 Å². The molecule has 0 atom stereocenters. The summed E-state index contributed by atoms with van der Waals surface area (Å²) in [6.07, 6.45) is 9.02. The molecule has 0 amide bonds. The van der Waals surface area contributed by atoms with Gasteiger partial charge in [0.25, 0.3) is 0 Å². The van der Waals surface area contributed by atoms with Gasteiger partial charge in [0, 0.05) is 6.54 Å². The maximum atomic E-state index is 4.47. The molecule has 1 aliphatic rings. The van der Waals surface area contributed by atoms with Crippen LogP contribution in [0.5, 0.6) is 0 Å². The van der Waals surface area contributed by atoms with Crippen molar-refractivity contribution in [1.29, 1.82) is 0 Å². The Balaban J connectivity index is 3.08. The van der Waals surface area contributed by atoms with Crippen LogP contribution in [0, 0.1) is 5.92 Å². The van der Waals surface area contributed by atoms with Crippen LogP contribution < -0.4 is 0 Å². The monoisotopic (exact) mass is 201 g/mol. The third kappa shape index (κ3) is 2.79. The highest BCUT2D eigenvalue weighted by atomic mass is 14.7. The summed E-state index contributed by atoms with van der Waals surface area (Å²) in [5, 5.41) is 0. The zero-order chi connectivity index (χ0) is 11.3. The van der Waals surface area contributed by atoms with E-state index in [9.17, 15) is 0 Å². The molecule has 0 radical (unpaired) electrons. The molecule has 0 spiro atoms. The highest BCUT2D eigenvalue weighted by Gasteiger charge is 2.14. The molecule has 1 heteroatoms. The predicted octanol–water partition coefficient (Wildman–Crippen LogP) is 3.71. The van der Waals surface area contributed by atoms with Crippen molar-refractivity contribution in [3.8, 4) is 0 Å². The molecule has 0 saturated heterocycles. The highest BCUT2D eigenvalue weighted by Crippen LogP contribution is 2.24. The van der Waals surface area contributed by atoms with Crippen LogP contribution in [0.15, 0.2) is 53.6 Å². The largest absolute Gasteiger partial charge is 0.284 e. The van der Waals surface area contributed by atoms with Crippen LogP contribution >= 0.6 is 0 Å². The summed E-state index contributed by atoms with van der Waals surface area (Å²) < 4.78 is 0. The number of hydrogen-bond donors (Lipinski definition) is 0. The lowest BCUT2D eigenvalue weighted by Gasteiger charge is -2.18. The van der Waals surface area contributed by atoms with Gasteiger partial charge in [-0.3, -0.25) is 4.99 Å². The molecule has 1 aliphatic heterocycles. The van der Waals surface area contributed by atoms with E-state index >= 15 is 0 Å². The van der Waals surface area contributed by atoms with E-state index in [1.165, 1.54) is 11.1 Å². The van der Waals surface area contributed by atoms with E-state index in [1.807, 2.05) is 12.2 Å². The Morgan fingerprint density at radius 3 is 2.73 bits per heavy atom. The van der Waals surface area contributed by atoms with E-state index in [0.717, 1.165) is 18.7 Å². The Morgan fingerprint density at radius 2 is 2.20 bits per heavy atom. The van der Waals surface area contributed by atoms with Crippen molar-refractivity contribution in [2.45, 2.75) is 20.3 Å². The average Bonchev–Trinajstić information content (AvgIpc) is 2.25. The number of rotatable bonds is 4. The fourth-order valence-electron chi connectivity index (χ4n) is 1.74. The summed E-state index contributed by atoms with van der Waals surface area (Å²) >= 11 is 0. The molecule has 1 rings (SSSR count). The molecule has 0 unspecified atom stereocenters. The first-order chi connectivity index (χ1) is 7.20. The van der Waals surface area contributed by atoms with Crippen molar-refractivity contribution in [3.63, 3.8) is 0 Å². The second kappa shape index (κ2) is 5.50.